The first kappa shape index (κ1) is 18.3. The van der Waals surface area contributed by atoms with Gasteiger partial charge in [0.25, 0.3) is 5.91 Å². The van der Waals surface area contributed by atoms with Gasteiger partial charge in [0.2, 0.25) is 0 Å². The minimum Gasteiger partial charge on any atom is -0.364 e. The van der Waals surface area contributed by atoms with Gasteiger partial charge in [-0.15, -0.1) is 0 Å². The Bertz CT molecular complexity index is 555. The second-order valence-corrected chi connectivity index (χ2v) is 6.96. The van der Waals surface area contributed by atoms with Crippen LogP contribution in [0.15, 0.2) is 24.3 Å². The summed E-state index contributed by atoms with van der Waals surface area (Å²) >= 11 is 0. The van der Waals surface area contributed by atoms with Gasteiger partial charge in [0, 0.05) is 45.0 Å². The Morgan fingerprint density at radius 3 is 2.44 bits per heavy atom. The molecule has 3 rings (SSSR count). The van der Waals surface area contributed by atoms with E-state index >= 15 is 0 Å². The quantitative estimate of drug-likeness (QED) is 0.812. The molecule has 2 aliphatic heterocycles. The van der Waals surface area contributed by atoms with Crippen molar-refractivity contribution in [2.75, 3.05) is 44.6 Å². The summed E-state index contributed by atoms with van der Waals surface area (Å²) in [6.45, 7) is 9.34. The molecule has 0 spiro atoms. The molecule has 2 aliphatic rings. The van der Waals surface area contributed by atoms with Crippen molar-refractivity contribution < 1.29 is 9.53 Å². The summed E-state index contributed by atoms with van der Waals surface area (Å²) in [6.07, 6.45) is 1.25. The number of nitrogens with two attached hydrogens (primary N) is 1. The van der Waals surface area contributed by atoms with E-state index in [4.69, 9.17) is 10.5 Å². The van der Waals surface area contributed by atoms with Crippen LogP contribution in [-0.4, -0.2) is 67.2 Å². The van der Waals surface area contributed by atoms with Crippen LogP contribution in [0.2, 0.25) is 0 Å². The molecule has 2 saturated heterocycles. The summed E-state index contributed by atoms with van der Waals surface area (Å²) in [5.41, 5.74) is 7.70. The van der Waals surface area contributed by atoms with Crippen molar-refractivity contribution in [1.29, 1.82) is 0 Å². The van der Waals surface area contributed by atoms with E-state index in [1.54, 1.807) is 0 Å². The van der Waals surface area contributed by atoms with Gasteiger partial charge in [-0.05, 0) is 37.1 Å². The lowest BCUT2D eigenvalue weighted by Crippen LogP contribution is -2.45. The summed E-state index contributed by atoms with van der Waals surface area (Å²) in [5.74, 6) is -0.0700. The Balaban J connectivity index is 1.46. The van der Waals surface area contributed by atoms with Gasteiger partial charge in [-0.2, -0.15) is 0 Å². The Kier molecular flexibility index (Phi) is 6.42. The summed E-state index contributed by atoms with van der Waals surface area (Å²) in [6, 6.07) is 8.15. The van der Waals surface area contributed by atoms with Crippen molar-refractivity contribution in [1.82, 2.24) is 9.80 Å². The number of piperazine rings is 1. The first-order valence-corrected chi connectivity index (χ1v) is 9.38. The predicted molar refractivity (Wildman–Crippen MR) is 99.4 cm³/mol. The number of likely N-dealkylation sites (N-methyl/N-ethyl adjacent to an activating group) is 1. The fraction of sp³-hybridized carbons (Fsp3) is 0.632. The van der Waals surface area contributed by atoms with E-state index < -0.39 is 0 Å². The molecule has 2 atom stereocenters. The molecule has 2 heterocycles. The number of rotatable bonds is 6. The molecule has 6 nitrogen and oxygen atoms in total. The highest BCUT2D eigenvalue weighted by molar-refractivity contribution is 5.94. The fourth-order valence-electron chi connectivity index (χ4n) is 3.51. The third kappa shape index (κ3) is 5.01. The van der Waals surface area contributed by atoms with Crippen molar-refractivity contribution >= 4 is 11.6 Å². The number of anilines is 1. The SMILES string of the molecule is CCN1CCN(Cc2ccc(NC(=O)[C@@H]3CC[C@H](CN)O3)cc2)CC1. The van der Waals surface area contributed by atoms with Gasteiger partial charge in [-0.1, -0.05) is 19.1 Å². The van der Waals surface area contributed by atoms with Gasteiger partial charge in [-0.25, -0.2) is 0 Å². The van der Waals surface area contributed by atoms with E-state index in [0.29, 0.717) is 6.54 Å². The maximum absolute atomic E-state index is 12.2. The Labute approximate surface area is 150 Å². The van der Waals surface area contributed by atoms with Gasteiger partial charge in [0.05, 0.1) is 6.10 Å². The van der Waals surface area contributed by atoms with Gasteiger partial charge < -0.3 is 20.7 Å². The van der Waals surface area contributed by atoms with Crippen molar-refractivity contribution in [3.8, 4) is 0 Å². The van der Waals surface area contributed by atoms with Crippen LogP contribution in [0.25, 0.3) is 0 Å². The average molecular weight is 346 g/mol. The molecule has 2 fully saturated rings. The number of hydrogen-bond donors (Lipinski definition) is 2. The average Bonchev–Trinajstić information content (AvgIpc) is 3.13. The molecule has 25 heavy (non-hydrogen) atoms. The van der Waals surface area contributed by atoms with Crippen LogP contribution < -0.4 is 11.1 Å². The first-order chi connectivity index (χ1) is 12.2. The van der Waals surface area contributed by atoms with Crippen molar-refractivity contribution in [2.45, 2.75) is 38.5 Å². The lowest BCUT2D eigenvalue weighted by Gasteiger charge is -2.34. The van der Waals surface area contributed by atoms with Crippen molar-refractivity contribution in [3.63, 3.8) is 0 Å². The number of carbonyl (C=O) groups is 1. The standard InChI is InChI=1S/C19H30N4O2/c1-2-22-9-11-23(12-10-22)14-15-3-5-16(6-4-15)21-19(24)18-8-7-17(13-20)25-18/h3-6,17-18H,2,7-14,20H2,1H3,(H,21,24)/t17-,18+/m1/s1. The zero-order valence-corrected chi connectivity index (χ0v) is 15.1. The van der Waals surface area contributed by atoms with E-state index in [9.17, 15) is 4.79 Å². The third-order valence-electron chi connectivity index (χ3n) is 5.20. The Morgan fingerprint density at radius 1 is 1.16 bits per heavy atom. The fourth-order valence-corrected chi connectivity index (χ4v) is 3.51. The van der Waals surface area contributed by atoms with Gasteiger partial charge in [0.1, 0.15) is 6.10 Å². The zero-order chi connectivity index (χ0) is 17.6. The van der Waals surface area contributed by atoms with Crippen LogP contribution in [0.5, 0.6) is 0 Å². The molecule has 0 bridgehead atoms. The maximum Gasteiger partial charge on any atom is 0.253 e. The predicted octanol–water partition coefficient (Wildman–Crippen LogP) is 1.27. The topological polar surface area (TPSA) is 70.8 Å². The number of hydrogen-bond acceptors (Lipinski definition) is 5. The lowest BCUT2D eigenvalue weighted by molar-refractivity contribution is -0.126. The van der Waals surface area contributed by atoms with Crippen LogP contribution in [-0.2, 0) is 16.1 Å². The van der Waals surface area contributed by atoms with E-state index in [2.05, 4.69) is 34.2 Å². The second kappa shape index (κ2) is 8.76. The van der Waals surface area contributed by atoms with Gasteiger partial charge >= 0.3 is 0 Å². The van der Waals surface area contributed by atoms with E-state index in [1.165, 1.54) is 5.56 Å². The smallest absolute Gasteiger partial charge is 0.253 e. The molecule has 0 aromatic heterocycles. The van der Waals surface area contributed by atoms with Crippen molar-refractivity contribution in [2.24, 2.45) is 5.73 Å². The van der Waals surface area contributed by atoms with E-state index in [0.717, 1.165) is 57.8 Å². The largest absolute Gasteiger partial charge is 0.364 e. The molecule has 138 valence electrons. The maximum atomic E-state index is 12.2. The Morgan fingerprint density at radius 2 is 1.84 bits per heavy atom. The minimum atomic E-state index is -0.372. The number of amides is 1. The van der Waals surface area contributed by atoms with E-state index in [-0.39, 0.29) is 18.1 Å². The molecule has 0 saturated carbocycles. The summed E-state index contributed by atoms with van der Waals surface area (Å²) < 4.78 is 5.64. The van der Waals surface area contributed by atoms with Gasteiger partial charge in [0.15, 0.2) is 0 Å². The molecule has 6 heteroatoms. The molecule has 3 N–H and O–H groups in total. The summed E-state index contributed by atoms with van der Waals surface area (Å²) in [7, 11) is 0. The molecular formula is C19H30N4O2. The second-order valence-electron chi connectivity index (χ2n) is 6.96. The summed E-state index contributed by atoms with van der Waals surface area (Å²) in [5, 5.41) is 2.95. The number of nitrogens with zero attached hydrogens (tertiary/aromatic N) is 2. The number of nitrogens with one attached hydrogen (secondary N) is 1. The highest BCUT2D eigenvalue weighted by atomic mass is 16.5. The molecule has 1 aromatic rings. The molecular weight excluding hydrogens is 316 g/mol. The molecule has 1 aromatic carbocycles. The van der Waals surface area contributed by atoms with Crippen LogP contribution in [0, 0.1) is 0 Å². The van der Waals surface area contributed by atoms with E-state index in [1.807, 2.05) is 12.1 Å². The summed E-state index contributed by atoms with van der Waals surface area (Å²) in [4.78, 5) is 17.2. The molecule has 1 amide bonds. The van der Waals surface area contributed by atoms with Crippen LogP contribution in [0.3, 0.4) is 0 Å². The van der Waals surface area contributed by atoms with Crippen LogP contribution >= 0.6 is 0 Å². The zero-order valence-electron chi connectivity index (χ0n) is 15.1. The lowest BCUT2D eigenvalue weighted by atomic mass is 10.1. The highest BCUT2D eigenvalue weighted by Gasteiger charge is 2.29. The normalized spacial score (nSPS) is 25.2. The van der Waals surface area contributed by atoms with Crippen LogP contribution in [0.1, 0.15) is 25.3 Å². The molecule has 0 radical (unpaired) electrons. The van der Waals surface area contributed by atoms with Gasteiger partial charge in [-0.3, -0.25) is 9.69 Å². The number of ether oxygens (including phenoxy) is 1. The number of carbonyl (C=O) groups excluding carboxylic acids is 1. The monoisotopic (exact) mass is 346 g/mol. The van der Waals surface area contributed by atoms with Crippen LogP contribution in [0.4, 0.5) is 5.69 Å². The molecule has 0 aliphatic carbocycles. The highest BCUT2D eigenvalue weighted by Crippen LogP contribution is 2.21. The minimum absolute atomic E-state index is 0.0197. The first-order valence-electron chi connectivity index (χ1n) is 9.38. The van der Waals surface area contributed by atoms with Crippen molar-refractivity contribution in [3.05, 3.63) is 29.8 Å². The third-order valence-corrected chi connectivity index (χ3v) is 5.20. The number of benzene rings is 1. The molecule has 0 unspecified atom stereocenters. The Hall–Kier alpha value is -1.47.